The number of ether oxygens (including phenoxy) is 2. The molecule has 0 aromatic rings. The smallest absolute Gasteiger partial charge is 0.306 e. The Hall–Kier alpha value is -1.39. The van der Waals surface area contributed by atoms with Gasteiger partial charge in [-0.2, -0.15) is 0 Å². The predicted octanol–water partition coefficient (Wildman–Crippen LogP) is 1.63. The molecule has 2 fully saturated rings. The summed E-state index contributed by atoms with van der Waals surface area (Å²) in [7, 11) is 0. The number of ketones is 1. The lowest BCUT2D eigenvalue weighted by Gasteiger charge is -2.21. The van der Waals surface area contributed by atoms with Crippen molar-refractivity contribution in [2.24, 2.45) is 11.8 Å². The Morgan fingerprint density at radius 2 is 2.16 bits per heavy atom. The second kappa shape index (κ2) is 5.31. The number of Topliss-reactive ketones (excluding diaryl/α,β-unsaturated/α-hetero) is 1. The molecule has 1 saturated heterocycles. The molecule has 1 saturated carbocycles. The third-order valence-electron chi connectivity index (χ3n) is 4.17. The SMILES string of the molecule is CCOC(=O)C[C@@H]1C[C@@]2(CCC(=O)O2)C[C@@H]1C(C)=O. The highest BCUT2D eigenvalue weighted by Gasteiger charge is 2.52. The molecule has 0 aromatic carbocycles. The summed E-state index contributed by atoms with van der Waals surface area (Å²) in [5.41, 5.74) is -0.509. The average Bonchev–Trinajstić information content (AvgIpc) is 2.84. The molecule has 2 rings (SSSR count). The van der Waals surface area contributed by atoms with Crippen LogP contribution in [0.15, 0.2) is 0 Å². The minimum atomic E-state index is -0.509. The zero-order valence-corrected chi connectivity index (χ0v) is 11.4. The van der Waals surface area contributed by atoms with E-state index >= 15 is 0 Å². The number of hydrogen-bond donors (Lipinski definition) is 0. The fraction of sp³-hybridized carbons (Fsp3) is 0.786. The first-order valence-corrected chi connectivity index (χ1v) is 6.84. The topological polar surface area (TPSA) is 69.7 Å². The van der Waals surface area contributed by atoms with E-state index in [4.69, 9.17) is 9.47 Å². The van der Waals surface area contributed by atoms with Gasteiger partial charge in [-0.15, -0.1) is 0 Å². The molecule has 106 valence electrons. The van der Waals surface area contributed by atoms with Crippen LogP contribution in [-0.4, -0.2) is 29.9 Å². The average molecular weight is 268 g/mol. The maximum absolute atomic E-state index is 11.7. The molecule has 1 spiro atoms. The van der Waals surface area contributed by atoms with Crippen molar-refractivity contribution in [3.8, 4) is 0 Å². The summed E-state index contributed by atoms with van der Waals surface area (Å²) in [6, 6.07) is 0. The van der Waals surface area contributed by atoms with Crippen LogP contribution in [0.5, 0.6) is 0 Å². The van der Waals surface area contributed by atoms with E-state index in [-0.39, 0.29) is 36.0 Å². The highest BCUT2D eigenvalue weighted by atomic mass is 16.6. The number of esters is 2. The molecular formula is C14H20O5. The van der Waals surface area contributed by atoms with Crippen LogP contribution in [0.4, 0.5) is 0 Å². The Morgan fingerprint density at radius 1 is 1.42 bits per heavy atom. The highest BCUT2D eigenvalue weighted by Crippen LogP contribution is 2.49. The van der Waals surface area contributed by atoms with Gasteiger partial charge in [0, 0.05) is 18.8 Å². The number of carbonyl (C=O) groups excluding carboxylic acids is 3. The van der Waals surface area contributed by atoms with Gasteiger partial charge in [0.05, 0.1) is 6.61 Å². The minimum absolute atomic E-state index is 0.0640. The Bertz CT molecular complexity index is 403. The summed E-state index contributed by atoms with van der Waals surface area (Å²) in [5, 5.41) is 0. The molecule has 3 atom stereocenters. The van der Waals surface area contributed by atoms with Crippen LogP contribution in [0.2, 0.25) is 0 Å². The third kappa shape index (κ3) is 2.96. The molecule has 0 radical (unpaired) electrons. The van der Waals surface area contributed by atoms with Crippen molar-refractivity contribution in [2.45, 2.75) is 51.6 Å². The van der Waals surface area contributed by atoms with E-state index in [1.54, 1.807) is 13.8 Å². The normalized spacial score (nSPS) is 33.5. The van der Waals surface area contributed by atoms with Gasteiger partial charge < -0.3 is 9.47 Å². The van der Waals surface area contributed by atoms with Crippen LogP contribution in [-0.2, 0) is 23.9 Å². The molecule has 0 N–H and O–H groups in total. The quantitative estimate of drug-likeness (QED) is 0.725. The van der Waals surface area contributed by atoms with Crippen LogP contribution in [0.1, 0.15) is 46.0 Å². The molecule has 19 heavy (non-hydrogen) atoms. The monoisotopic (exact) mass is 268 g/mol. The van der Waals surface area contributed by atoms with Crippen molar-refractivity contribution < 1.29 is 23.9 Å². The fourth-order valence-electron chi connectivity index (χ4n) is 3.36. The summed E-state index contributed by atoms with van der Waals surface area (Å²) in [6.45, 7) is 3.64. The maximum atomic E-state index is 11.7. The van der Waals surface area contributed by atoms with Crippen molar-refractivity contribution in [3.63, 3.8) is 0 Å². The molecule has 0 bridgehead atoms. The second-order valence-electron chi connectivity index (χ2n) is 5.55. The van der Waals surface area contributed by atoms with E-state index in [1.165, 1.54) is 0 Å². The van der Waals surface area contributed by atoms with Gasteiger partial charge in [-0.3, -0.25) is 14.4 Å². The third-order valence-corrected chi connectivity index (χ3v) is 4.17. The Morgan fingerprint density at radius 3 is 2.68 bits per heavy atom. The summed E-state index contributed by atoms with van der Waals surface area (Å²) >= 11 is 0. The molecule has 2 aliphatic rings. The summed E-state index contributed by atoms with van der Waals surface area (Å²) in [6.07, 6.45) is 2.46. The van der Waals surface area contributed by atoms with Crippen molar-refractivity contribution in [1.29, 1.82) is 0 Å². The van der Waals surface area contributed by atoms with Crippen LogP contribution < -0.4 is 0 Å². The zero-order chi connectivity index (χ0) is 14.0. The Balaban J connectivity index is 2.06. The first-order chi connectivity index (χ1) is 8.96. The van der Waals surface area contributed by atoms with E-state index in [0.717, 1.165) is 0 Å². The van der Waals surface area contributed by atoms with E-state index < -0.39 is 5.60 Å². The second-order valence-corrected chi connectivity index (χ2v) is 5.55. The summed E-state index contributed by atoms with van der Waals surface area (Å²) in [4.78, 5) is 34.6. The van der Waals surface area contributed by atoms with Gasteiger partial charge in [0.15, 0.2) is 0 Å². The molecule has 1 heterocycles. The lowest BCUT2D eigenvalue weighted by atomic mass is 9.90. The number of carbonyl (C=O) groups is 3. The molecule has 1 aliphatic heterocycles. The van der Waals surface area contributed by atoms with Crippen LogP contribution in [0, 0.1) is 11.8 Å². The van der Waals surface area contributed by atoms with Crippen LogP contribution >= 0.6 is 0 Å². The zero-order valence-electron chi connectivity index (χ0n) is 11.4. The van der Waals surface area contributed by atoms with Gasteiger partial charge in [0.1, 0.15) is 11.4 Å². The Labute approximate surface area is 112 Å². The molecule has 0 amide bonds. The standard InChI is InChI=1S/C14H20O5/c1-3-18-13(17)6-10-7-14(5-4-12(16)19-14)8-11(10)9(2)15/h10-11H,3-8H2,1-2H3/t10-,11-,14+/m1/s1. The van der Waals surface area contributed by atoms with Crippen LogP contribution in [0.25, 0.3) is 0 Å². The predicted molar refractivity (Wildman–Crippen MR) is 66.2 cm³/mol. The summed E-state index contributed by atoms with van der Waals surface area (Å²) in [5.74, 6) is -0.675. The van der Waals surface area contributed by atoms with Crippen molar-refractivity contribution in [3.05, 3.63) is 0 Å². The molecule has 0 unspecified atom stereocenters. The molecule has 1 aliphatic carbocycles. The van der Waals surface area contributed by atoms with Crippen molar-refractivity contribution in [1.82, 2.24) is 0 Å². The van der Waals surface area contributed by atoms with Gasteiger partial charge in [0.25, 0.3) is 0 Å². The molecule has 5 heteroatoms. The first kappa shape index (κ1) is 14.0. The lowest BCUT2D eigenvalue weighted by molar-refractivity contribution is -0.148. The van der Waals surface area contributed by atoms with Gasteiger partial charge in [-0.1, -0.05) is 0 Å². The van der Waals surface area contributed by atoms with Crippen LogP contribution in [0.3, 0.4) is 0 Å². The molecular weight excluding hydrogens is 248 g/mol. The van der Waals surface area contributed by atoms with Gasteiger partial charge >= 0.3 is 11.9 Å². The van der Waals surface area contributed by atoms with E-state index in [0.29, 0.717) is 32.3 Å². The Kier molecular flexibility index (Phi) is 3.92. The highest BCUT2D eigenvalue weighted by molar-refractivity contribution is 5.81. The van der Waals surface area contributed by atoms with Crippen molar-refractivity contribution >= 4 is 17.7 Å². The number of hydrogen-bond acceptors (Lipinski definition) is 5. The minimum Gasteiger partial charge on any atom is -0.466 e. The fourth-order valence-corrected chi connectivity index (χ4v) is 3.36. The van der Waals surface area contributed by atoms with Crippen molar-refractivity contribution in [2.75, 3.05) is 6.61 Å². The maximum Gasteiger partial charge on any atom is 0.306 e. The largest absolute Gasteiger partial charge is 0.466 e. The van der Waals surface area contributed by atoms with Gasteiger partial charge in [-0.25, -0.2) is 0 Å². The van der Waals surface area contributed by atoms with E-state index in [1.807, 2.05) is 0 Å². The molecule has 5 nitrogen and oxygen atoms in total. The van der Waals surface area contributed by atoms with E-state index in [9.17, 15) is 14.4 Å². The first-order valence-electron chi connectivity index (χ1n) is 6.84. The number of rotatable bonds is 4. The van der Waals surface area contributed by atoms with Gasteiger partial charge in [-0.05, 0) is 39.0 Å². The van der Waals surface area contributed by atoms with E-state index in [2.05, 4.69) is 0 Å². The summed E-state index contributed by atoms with van der Waals surface area (Å²) < 4.78 is 10.4. The van der Waals surface area contributed by atoms with Gasteiger partial charge in [0.2, 0.25) is 0 Å². The molecule has 0 aromatic heterocycles. The lowest BCUT2D eigenvalue weighted by Crippen LogP contribution is -2.25.